The summed E-state index contributed by atoms with van der Waals surface area (Å²) in [5, 5.41) is 2.96. The van der Waals surface area contributed by atoms with Gasteiger partial charge in [0, 0.05) is 6.61 Å². The first-order valence-electron chi connectivity index (χ1n) is 6.45. The van der Waals surface area contributed by atoms with E-state index in [1.807, 2.05) is 19.1 Å². The van der Waals surface area contributed by atoms with Crippen LogP contribution >= 0.6 is 0 Å². The second-order valence-corrected chi connectivity index (χ2v) is 5.09. The molecule has 1 aliphatic heterocycles. The molecule has 1 amide bonds. The van der Waals surface area contributed by atoms with Gasteiger partial charge in [-0.15, -0.1) is 0 Å². The standard InChI is InChI=1S/C14H20N2O3/c1-14(7-4-8-18-10-14)16-13(17)9-19-12-6-3-2-5-11(12)15/h2-3,5-6H,4,7-10,15H2,1H3,(H,16,17). The monoisotopic (exact) mass is 264 g/mol. The predicted octanol–water partition coefficient (Wildman–Crippen LogP) is 1.33. The van der Waals surface area contributed by atoms with E-state index in [1.165, 1.54) is 0 Å². The Hall–Kier alpha value is -1.75. The molecule has 1 unspecified atom stereocenters. The molecule has 1 aromatic rings. The number of benzene rings is 1. The number of para-hydroxylation sites is 2. The highest BCUT2D eigenvalue weighted by Crippen LogP contribution is 2.20. The number of anilines is 1. The van der Waals surface area contributed by atoms with Crippen LogP contribution in [0.5, 0.6) is 5.75 Å². The molecule has 5 nitrogen and oxygen atoms in total. The quantitative estimate of drug-likeness (QED) is 0.805. The number of hydrogen-bond acceptors (Lipinski definition) is 4. The van der Waals surface area contributed by atoms with Crippen molar-refractivity contribution in [1.82, 2.24) is 5.32 Å². The molecular weight excluding hydrogens is 244 g/mol. The molecule has 104 valence electrons. The van der Waals surface area contributed by atoms with Crippen molar-refractivity contribution < 1.29 is 14.3 Å². The van der Waals surface area contributed by atoms with Crippen LogP contribution in [0.3, 0.4) is 0 Å². The van der Waals surface area contributed by atoms with Gasteiger partial charge in [0.1, 0.15) is 5.75 Å². The van der Waals surface area contributed by atoms with Crippen molar-refractivity contribution in [3.8, 4) is 5.75 Å². The number of hydrogen-bond donors (Lipinski definition) is 2. The Morgan fingerprint density at radius 1 is 1.53 bits per heavy atom. The molecule has 1 aliphatic rings. The third-order valence-corrected chi connectivity index (χ3v) is 3.16. The second-order valence-electron chi connectivity index (χ2n) is 5.09. The van der Waals surface area contributed by atoms with Gasteiger partial charge in [0.15, 0.2) is 6.61 Å². The maximum atomic E-state index is 11.9. The first kappa shape index (κ1) is 13.7. The van der Waals surface area contributed by atoms with Crippen LogP contribution in [0, 0.1) is 0 Å². The van der Waals surface area contributed by atoms with Gasteiger partial charge in [0.25, 0.3) is 5.91 Å². The van der Waals surface area contributed by atoms with E-state index in [0.29, 0.717) is 18.0 Å². The fourth-order valence-electron chi connectivity index (χ4n) is 2.16. The molecule has 5 heteroatoms. The van der Waals surface area contributed by atoms with Gasteiger partial charge in [-0.3, -0.25) is 4.79 Å². The van der Waals surface area contributed by atoms with Crippen LogP contribution < -0.4 is 15.8 Å². The Morgan fingerprint density at radius 2 is 2.32 bits per heavy atom. The van der Waals surface area contributed by atoms with Gasteiger partial charge in [0.2, 0.25) is 0 Å². The maximum absolute atomic E-state index is 11.9. The number of ether oxygens (including phenoxy) is 2. The van der Waals surface area contributed by atoms with Crippen molar-refractivity contribution in [1.29, 1.82) is 0 Å². The van der Waals surface area contributed by atoms with E-state index in [1.54, 1.807) is 12.1 Å². The molecule has 1 saturated heterocycles. The third kappa shape index (κ3) is 3.86. The minimum atomic E-state index is -0.291. The number of nitrogen functional groups attached to an aromatic ring is 1. The molecule has 0 bridgehead atoms. The van der Waals surface area contributed by atoms with Gasteiger partial charge in [-0.05, 0) is 31.9 Å². The Labute approximate surface area is 113 Å². The van der Waals surface area contributed by atoms with E-state index < -0.39 is 0 Å². The predicted molar refractivity (Wildman–Crippen MR) is 73.0 cm³/mol. The summed E-state index contributed by atoms with van der Waals surface area (Å²) in [6.07, 6.45) is 1.88. The Morgan fingerprint density at radius 3 is 3.00 bits per heavy atom. The van der Waals surface area contributed by atoms with Gasteiger partial charge < -0.3 is 20.5 Å². The largest absolute Gasteiger partial charge is 0.482 e. The molecule has 0 saturated carbocycles. The van der Waals surface area contributed by atoms with Gasteiger partial charge in [-0.25, -0.2) is 0 Å². The maximum Gasteiger partial charge on any atom is 0.258 e. The van der Waals surface area contributed by atoms with Crippen molar-refractivity contribution in [2.45, 2.75) is 25.3 Å². The summed E-state index contributed by atoms with van der Waals surface area (Å²) in [6, 6.07) is 7.13. The Balaban J connectivity index is 1.83. The SMILES string of the molecule is CC1(NC(=O)COc2ccccc2N)CCCOC1. The summed E-state index contributed by atoms with van der Waals surface area (Å²) in [5.41, 5.74) is 5.98. The van der Waals surface area contributed by atoms with Crippen molar-refractivity contribution in [2.75, 3.05) is 25.6 Å². The molecule has 1 heterocycles. The Bertz CT molecular complexity index is 442. The zero-order valence-corrected chi connectivity index (χ0v) is 11.1. The first-order chi connectivity index (χ1) is 9.09. The number of amides is 1. The van der Waals surface area contributed by atoms with Crippen LogP contribution in [0.15, 0.2) is 24.3 Å². The summed E-state index contributed by atoms with van der Waals surface area (Å²) in [6.45, 7) is 3.26. The number of carbonyl (C=O) groups is 1. The van der Waals surface area contributed by atoms with E-state index in [4.69, 9.17) is 15.2 Å². The van der Waals surface area contributed by atoms with Crippen LogP contribution in [0.1, 0.15) is 19.8 Å². The molecule has 1 aromatic carbocycles. The van der Waals surface area contributed by atoms with Gasteiger partial charge in [0.05, 0.1) is 17.8 Å². The topological polar surface area (TPSA) is 73.6 Å². The molecule has 19 heavy (non-hydrogen) atoms. The number of rotatable bonds is 4. The number of carbonyl (C=O) groups excluding carboxylic acids is 1. The molecule has 2 rings (SSSR count). The van der Waals surface area contributed by atoms with Crippen LogP contribution in [-0.2, 0) is 9.53 Å². The average molecular weight is 264 g/mol. The summed E-state index contributed by atoms with van der Waals surface area (Å²) in [4.78, 5) is 11.9. The number of nitrogens with two attached hydrogens (primary N) is 1. The summed E-state index contributed by atoms with van der Waals surface area (Å²) >= 11 is 0. The van der Waals surface area contributed by atoms with Gasteiger partial charge >= 0.3 is 0 Å². The zero-order chi connectivity index (χ0) is 13.7. The second kappa shape index (κ2) is 5.93. The number of nitrogens with one attached hydrogen (secondary N) is 1. The smallest absolute Gasteiger partial charge is 0.258 e. The molecule has 0 aromatic heterocycles. The van der Waals surface area contributed by atoms with E-state index in [9.17, 15) is 4.79 Å². The average Bonchev–Trinajstić information content (AvgIpc) is 2.38. The Kier molecular flexibility index (Phi) is 4.27. The minimum absolute atomic E-state index is 0.0379. The summed E-state index contributed by atoms with van der Waals surface area (Å²) in [5.74, 6) is 0.374. The van der Waals surface area contributed by atoms with Crippen LogP contribution in [0.4, 0.5) is 5.69 Å². The van der Waals surface area contributed by atoms with Crippen molar-refractivity contribution >= 4 is 11.6 Å². The minimum Gasteiger partial charge on any atom is -0.482 e. The third-order valence-electron chi connectivity index (χ3n) is 3.16. The molecule has 0 spiro atoms. The van der Waals surface area contributed by atoms with E-state index >= 15 is 0 Å². The fourth-order valence-corrected chi connectivity index (χ4v) is 2.16. The molecule has 1 fully saturated rings. The summed E-state index contributed by atoms with van der Waals surface area (Å²) < 4.78 is 10.8. The van der Waals surface area contributed by atoms with Crippen molar-refractivity contribution in [3.05, 3.63) is 24.3 Å². The van der Waals surface area contributed by atoms with Crippen molar-refractivity contribution in [2.24, 2.45) is 0 Å². The zero-order valence-electron chi connectivity index (χ0n) is 11.1. The van der Waals surface area contributed by atoms with Gasteiger partial charge in [-0.2, -0.15) is 0 Å². The molecule has 1 atom stereocenters. The molecule has 0 radical (unpaired) electrons. The first-order valence-corrected chi connectivity index (χ1v) is 6.45. The van der Waals surface area contributed by atoms with E-state index in [0.717, 1.165) is 19.4 Å². The fraction of sp³-hybridized carbons (Fsp3) is 0.500. The van der Waals surface area contributed by atoms with E-state index in [2.05, 4.69) is 5.32 Å². The van der Waals surface area contributed by atoms with Crippen molar-refractivity contribution in [3.63, 3.8) is 0 Å². The lowest BCUT2D eigenvalue weighted by atomic mass is 9.95. The highest BCUT2D eigenvalue weighted by atomic mass is 16.5. The van der Waals surface area contributed by atoms with Crippen LogP contribution in [-0.4, -0.2) is 31.3 Å². The molecular formula is C14H20N2O3. The summed E-state index contributed by atoms with van der Waals surface area (Å²) in [7, 11) is 0. The van der Waals surface area contributed by atoms with Crippen LogP contribution in [0.2, 0.25) is 0 Å². The van der Waals surface area contributed by atoms with E-state index in [-0.39, 0.29) is 18.1 Å². The lowest BCUT2D eigenvalue weighted by molar-refractivity contribution is -0.126. The highest BCUT2D eigenvalue weighted by molar-refractivity contribution is 5.78. The highest BCUT2D eigenvalue weighted by Gasteiger charge is 2.29. The normalized spacial score (nSPS) is 22.8. The van der Waals surface area contributed by atoms with Crippen LogP contribution in [0.25, 0.3) is 0 Å². The molecule has 3 N–H and O–H groups in total. The molecule has 0 aliphatic carbocycles. The lowest BCUT2D eigenvalue weighted by Crippen LogP contribution is -2.52. The van der Waals surface area contributed by atoms with Gasteiger partial charge in [-0.1, -0.05) is 12.1 Å². The lowest BCUT2D eigenvalue weighted by Gasteiger charge is -2.34.